The summed E-state index contributed by atoms with van der Waals surface area (Å²) in [4.78, 5) is 17.4. The van der Waals surface area contributed by atoms with Crippen molar-refractivity contribution in [1.82, 2.24) is 9.88 Å². The van der Waals surface area contributed by atoms with Crippen molar-refractivity contribution in [3.63, 3.8) is 0 Å². The van der Waals surface area contributed by atoms with Gasteiger partial charge in [-0.1, -0.05) is 0 Å². The van der Waals surface area contributed by atoms with Crippen LogP contribution in [0.25, 0.3) is 0 Å². The zero-order valence-electron chi connectivity index (χ0n) is 9.98. The molecule has 92 valence electrons. The lowest BCUT2D eigenvalue weighted by Crippen LogP contribution is -2.36. The molecule has 0 aliphatic heterocycles. The summed E-state index contributed by atoms with van der Waals surface area (Å²) in [6, 6.07) is 1.30. The molecule has 4 nitrogen and oxygen atoms in total. The first kappa shape index (κ1) is 11.8. The lowest BCUT2D eigenvalue weighted by Gasteiger charge is -2.25. The fraction of sp³-hybridized carbons (Fsp3) is 0.500. The summed E-state index contributed by atoms with van der Waals surface area (Å²) < 4.78 is 13.1. The topological polar surface area (TPSA) is 59.2 Å². The molecule has 5 heteroatoms. The minimum Gasteiger partial charge on any atom is -0.383 e. The Hall–Kier alpha value is -1.65. The van der Waals surface area contributed by atoms with Gasteiger partial charge in [0.25, 0.3) is 5.91 Å². The molecular weight excluding hydrogens is 221 g/mol. The molecule has 1 saturated carbocycles. The van der Waals surface area contributed by atoms with Crippen molar-refractivity contribution < 1.29 is 9.18 Å². The second-order valence-corrected chi connectivity index (χ2v) is 4.58. The van der Waals surface area contributed by atoms with Gasteiger partial charge >= 0.3 is 0 Å². The normalized spacial score (nSPS) is 16.6. The summed E-state index contributed by atoms with van der Waals surface area (Å²) in [5, 5.41) is 0. The number of hydrogen-bond acceptors (Lipinski definition) is 3. The highest BCUT2D eigenvalue weighted by Crippen LogP contribution is 2.35. The molecule has 1 heterocycles. The van der Waals surface area contributed by atoms with Crippen LogP contribution in [-0.4, -0.2) is 28.9 Å². The highest BCUT2D eigenvalue weighted by atomic mass is 19.1. The summed E-state index contributed by atoms with van der Waals surface area (Å²) >= 11 is 0. The van der Waals surface area contributed by atoms with E-state index in [4.69, 9.17) is 5.73 Å². The van der Waals surface area contributed by atoms with E-state index in [0.29, 0.717) is 5.92 Å². The molecule has 2 N–H and O–H groups in total. The van der Waals surface area contributed by atoms with E-state index in [1.54, 1.807) is 11.9 Å². The molecule has 1 aromatic heterocycles. The number of pyridine rings is 1. The van der Waals surface area contributed by atoms with E-state index < -0.39 is 5.82 Å². The van der Waals surface area contributed by atoms with Crippen LogP contribution in [0, 0.1) is 11.7 Å². The Morgan fingerprint density at radius 3 is 2.88 bits per heavy atom. The van der Waals surface area contributed by atoms with E-state index >= 15 is 0 Å². The molecule has 17 heavy (non-hydrogen) atoms. The van der Waals surface area contributed by atoms with Crippen molar-refractivity contribution in [1.29, 1.82) is 0 Å². The van der Waals surface area contributed by atoms with Crippen LogP contribution in [0.2, 0.25) is 0 Å². The van der Waals surface area contributed by atoms with Gasteiger partial charge in [-0.15, -0.1) is 0 Å². The van der Waals surface area contributed by atoms with Crippen LogP contribution in [0.4, 0.5) is 10.2 Å². The van der Waals surface area contributed by atoms with Gasteiger partial charge in [0.15, 0.2) is 0 Å². The number of carbonyl (C=O) groups is 1. The number of carbonyl (C=O) groups excluding carboxylic acids is 1. The maximum atomic E-state index is 13.1. The van der Waals surface area contributed by atoms with Crippen molar-refractivity contribution in [2.75, 3.05) is 12.8 Å². The fourth-order valence-corrected chi connectivity index (χ4v) is 1.89. The second kappa shape index (κ2) is 4.31. The van der Waals surface area contributed by atoms with Gasteiger partial charge in [-0.05, 0) is 31.7 Å². The van der Waals surface area contributed by atoms with Crippen LogP contribution in [0.5, 0.6) is 0 Å². The summed E-state index contributed by atoms with van der Waals surface area (Å²) in [6.45, 7) is 2.00. The highest BCUT2D eigenvalue weighted by Gasteiger charge is 2.33. The predicted octanol–water partition coefficient (Wildman–Crippen LogP) is 1.67. The third kappa shape index (κ3) is 2.38. The number of anilines is 1. The molecule has 0 spiro atoms. The first-order valence-corrected chi connectivity index (χ1v) is 5.69. The predicted molar refractivity (Wildman–Crippen MR) is 62.9 cm³/mol. The largest absolute Gasteiger partial charge is 0.383 e. The van der Waals surface area contributed by atoms with Crippen molar-refractivity contribution >= 4 is 11.7 Å². The lowest BCUT2D eigenvalue weighted by atomic mass is 10.1. The molecule has 0 saturated heterocycles. The van der Waals surface area contributed by atoms with Crippen molar-refractivity contribution in [2.45, 2.75) is 25.8 Å². The van der Waals surface area contributed by atoms with Crippen molar-refractivity contribution in [2.24, 2.45) is 5.92 Å². The number of halogens is 1. The number of hydrogen-bond donors (Lipinski definition) is 1. The fourth-order valence-electron chi connectivity index (χ4n) is 1.89. The van der Waals surface area contributed by atoms with Gasteiger partial charge in [-0.2, -0.15) is 0 Å². The van der Waals surface area contributed by atoms with E-state index in [1.165, 1.54) is 0 Å². The molecule has 1 amide bonds. The van der Waals surface area contributed by atoms with E-state index in [-0.39, 0.29) is 23.3 Å². The van der Waals surface area contributed by atoms with Crippen molar-refractivity contribution in [3.8, 4) is 0 Å². The van der Waals surface area contributed by atoms with Crippen LogP contribution in [0.1, 0.15) is 30.1 Å². The van der Waals surface area contributed by atoms with Crippen LogP contribution in [0.15, 0.2) is 12.3 Å². The van der Waals surface area contributed by atoms with Gasteiger partial charge in [0.1, 0.15) is 11.6 Å². The first-order valence-electron chi connectivity index (χ1n) is 5.69. The van der Waals surface area contributed by atoms with Crippen LogP contribution < -0.4 is 5.73 Å². The van der Waals surface area contributed by atoms with Crippen molar-refractivity contribution in [3.05, 3.63) is 23.6 Å². The Balaban J connectivity index is 2.20. The molecule has 2 rings (SSSR count). The van der Waals surface area contributed by atoms with Crippen LogP contribution in [0.3, 0.4) is 0 Å². The quantitative estimate of drug-likeness (QED) is 0.870. The summed E-state index contributed by atoms with van der Waals surface area (Å²) in [6.07, 6.45) is 3.31. The van der Waals surface area contributed by atoms with Gasteiger partial charge < -0.3 is 10.6 Å². The Labute approximate surface area is 99.6 Å². The molecule has 1 fully saturated rings. The van der Waals surface area contributed by atoms with E-state index in [1.807, 2.05) is 6.92 Å². The zero-order chi connectivity index (χ0) is 12.6. The Bertz CT molecular complexity index is 445. The summed E-state index contributed by atoms with van der Waals surface area (Å²) in [5.74, 6) is -0.179. The second-order valence-electron chi connectivity index (χ2n) is 4.58. The number of aromatic nitrogens is 1. The van der Waals surface area contributed by atoms with Gasteiger partial charge in [0.2, 0.25) is 0 Å². The number of nitrogens with two attached hydrogens (primary N) is 1. The third-order valence-corrected chi connectivity index (χ3v) is 3.35. The maximum absolute atomic E-state index is 13.1. The van der Waals surface area contributed by atoms with Gasteiger partial charge in [0.05, 0.1) is 11.8 Å². The smallest absolute Gasteiger partial charge is 0.257 e. The number of rotatable bonds is 3. The minimum absolute atomic E-state index is 0.0752. The van der Waals surface area contributed by atoms with Crippen LogP contribution >= 0.6 is 0 Å². The van der Waals surface area contributed by atoms with E-state index in [2.05, 4.69) is 4.98 Å². The molecule has 1 unspecified atom stereocenters. The molecule has 0 aromatic carbocycles. The third-order valence-electron chi connectivity index (χ3n) is 3.35. The molecule has 1 aliphatic carbocycles. The number of nitrogens with zero attached hydrogens (tertiary/aromatic N) is 2. The Kier molecular flexibility index (Phi) is 3.00. The van der Waals surface area contributed by atoms with E-state index in [9.17, 15) is 9.18 Å². The summed E-state index contributed by atoms with van der Waals surface area (Å²) in [5.41, 5.74) is 5.73. The molecule has 0 bridgehead atoms. The highest BCUT2D eigenvalue weighted by molar-refractivity contribution is 5.98. The number of nitrogen functional groups attached to an aromatic ring is 1. The standard InChI is InChI=1S/C12H16FN3O/c1-7(8-3-4-8)16(2)12(17)10-5-9(13)6-15-11(10)14/h5-8H,3-4H2,1-2H3,(H2,14,15). The monoisotopic (exact) mass is 237 g/mol. The molecule has 1 atom stereocenters. The summed E-state index contributed by atoms with van der Waals surface area (Å²) in [7, 11) is 1.72. The van der Waals surface area contributed by atoms with E-state index in [0.717, 1.165) is 25.1 Å². The Morgan fingerprint density at radius 1 is 1.65 bits per heavy atom. The Morgan fingerprint density at radius 2 is 2.29 bits per heavy atom. The molecular formula is C12H16FN3O. The van der Waals surface area contributed by atoms with Gasteiger partial charge in [-0.3, -0.25) is 4.79 Å². The molecule has 1 aromatic rings. The maximum Gasteiger partial charge on any atom is 0.257 e. The average Bonchev–Trinajstić information content (AvgIpc) is 3.13. The molecule has 0 radical (unpaired) electrons. The van der Waals surface area contributed by atoms with Gasteiger partial charge in [0, 0.05) is 13.1 Å². The van der Waals surface area contributed by atoms with Crippen LogP contribution in [-0.2, 0) is 0 Å². The minimum atomic E-state index is -0.546. The SMILES string of the molecule is CC(C1CC1)N(C)C(=O)c1cc(F)cnc1N. The van der Waals surface area contributed by atoms with Gasteiger partial charge in [-0.25, -0.2) is 9.37 Å². The average molecular weight is 237 g/mol. The first-order chi connectivity index (χ1) is 8.00. The number of amides is 1. The zero-order valence-corrected chi connectivity index (χ0v) is 9.98. The molecule has 1 aliphatic rings. The lowest BCUT2D eigenvalue weighted by molar-refractivity contribution is 0.0727.